The van der Waals surface area contributed by atoms with E-state index < -0.39 is 73.4 Å². The van der Waals surface area contributed by atoms with Crippen molar-refractivity contribution in [2.45, 2.75) is 108 Å². The van der Waals surface area contributed by atoms with Gasteiger partial charge in [-0.05, 0) is 27.8 Å². The minimum atomic E-state index is -1.47. The molecule has 5 aromatic carbocycles. The van der Waals surface area contributed by atoms with Gasteiger partial charge in [-0.2, -0.15) is 0 Å². The fraction of sp³-hybridized carbons (Fsp3) is 0.373. The van der Waals surface area contributed by atoms with Crippen molar-refractivity contribution < 1.29 is 62.1 Å². The van der Waals surface area contributed by atoms with E-state index in [-0.39, 0.29) is 46.2 Å². The van der Waals surface area contributed by atoms with Gasteiger partial charge in [-0.25, -0.2) is 0 Å². The van der Waals surface area contributed by atoms with Crippen LogP contribution in [0.3, 0.4) is 0 Å². The van der Waals surface area contributed by atoms with Gasteiger partial charge in [0.25, 0.3) is 0 Å². The van der Waals surface area contributed by atoms with Crippen molar-refractivity contribution in [2.75, 3.05) is 13.2 Å². The molecule has 0 aromatic heterocycles. The van der Waals surface area contributed by atoms with E-state index in [1.807, 2.05) is 152 Å². The first-order valence-electron chi connectivity index (χ1n) is 21.5. The van der Waals surface area contributed by atoms with Crippen molar-refractivity contribution in [3.8, 4) is 0 Å². The molecule has 2 aliphatic heterocycles. The molecule has 10 atom stereocenters. The smallest absolute Gasteiger partial charge is 0.303 e. The molecule has 2 saturated heterocycles. The van der Waals surface area contributed by atoms with Crippen LogP contribution in [0.15, 0.2) is 152 Å². The van der Waals surface area contributed by atoms with Crippen LogP contribution in [0.2, 0.25) is 0 Å². The van der Waals surface area contributed by atoms with Gasteiger partial charge in [0.2, 0.25) is 0 Å². The standard InChI is InChI=1S/C51H56O13/c1-35(52)55-33-43-45(57-29-38-20-10-4-11-21-38)47(59-31-40-24-14-6-15-25-40)49(62-36(2)53)51(64-43)61-34-42-44(56-28-37-18-8-3-9-19-37)46(58-30-39-22-12-5-13-23-39)48(50(54)63-42)60-32-41-26-16-7-17-27-41/h3-27,42-51,54H,28-34H2,1-2H3/t42-,43-,44-,45-,46+,47+,48+,49+,50+,51+/m1/s1. The molecule has 7 rings (SSSR count). The van der Waals surface area contributed by atoms with E-state index >= 15 is 0 Å². The van der Waals surface area contributed by atoms with Gasteiger partial charge >= 0.3 is 11.9 Å². The van der Waals surface area contributed by atoms with Crippen LogP contribution in [0.4, 0.5) is 0 Å². The minimum Gasteiger partial charge on any atom is -0.463 e. The minimum absolute atomic E-state index is 0.125. The number of hydrogen-bond donors (Lipinski definition) is 1. The number of carbonyl (C=O) groups excluding carboxylic acids is 2. The zero-order valence-corrected chi connectivity index (χ0v) is 36.0. The zero-order valence-electron chi connectivity index (χ0n) is 36.0. The fourth-order valence-electron chi connectivity index (χ4n) is 7.68. The lowest BCUT2D eigenvalue weighted by Crippen LogP contribution is -2.64. The van der Waals surface area contributed by atoms with Crippen molar-refractivity contribution in [1.29, 1.82) is 0 Å². The van der Waals surface area contributed by atoms with Crippen LogP contribution in [0.5, 0.6) is 0 Å². The summed E-state index contributed by atoms with van der Waals surface area (Å²) in [6.45, 7) is 2.94. The molecule has 0 unspecified atom stereocenters. The lowest BCUT2D eigenvalue weighted by atomic mass is 9.97. The molecular weight excluding hydrogens is 821 g/mol. The van der Waals surface area contributed by atoms with Gasteiger partial charge in [-0.15, -0.1) is 0 Å². The number of benzene rings is 5. The van der Waals surface area contributed by atoms with E-state index in [1.54, 1.807) is 0 Å². The fourth-order valence-corrected chi connectivity index (χ4v) is 7.68. The number of hydrogen-bond acceptors (Lipinski definition) is 13. The molecule has 5 aromatic rings. The molecule has 338 valence electrons. The topological polar surface area (TPSA) is 147 Å². The molecule has 13 heteroatoms. The second-order valence-electron chi connectivity index (χ2n) is 15.6. The third kappa shape index (κ3) is 13.6. The molecule has 0 bridgehead atoms. The van der Waals surface area contributed by atoms with E-state index in [1.165, 1.54) is 13.8 Å². The van der Waals surface area contributed by atoms with Crippen LogP contribution in [0, 0.1) is 0 Å². The van der Waals surface area contributed by atoms with Crippen molar-refractivity contribution in [1.82, 2.24) is 0 Å². The summed E-state index contributed by atoms with van der Waals surface area (Å²) in [5, 5.41) is 11.7. The highest BCUT2D eigenvalue weighted by molar-refractivity contribution is 5.66. The zero-order chi connectivity index (χ0) is 44.5. The van der Waals surface area contributed by atoms with Gasteiger partial charge in [0.05, 0.1) is 39.6 Å². The molecule has 2 aliphatic rings. The maximum atomic E-state index is 12.9. The highest BCUT2D eigenvalue weighted by Gasteiger charge is 2.52. The Balaban J connectivity index is 1.19. The Morgan fingerprint density at radius 3 is 1.14 bits per heavy atom. The molecule has 0 saturated carbocycles. The number of esters is 2. The quantitative estimate of drug-likeness (QED) is 0.0767. The van der Waals surface area contributed by atoms with E-state index in [4.69, 9.17) is 47.4 Å². The SMILES string of the molecule is CC(=O)OC[C@H]1O[C@H](OC[C@H]2O[C@H](O)[C@@H](OCc3ccccc3)[C@@H](OCc3ccccc3)[C@@H]2OCc2ccccc2)[C@@H](OC(C)=O)[C@@H](OCc2ccccc2)[C@@H]1OCc1ccccc1. The average molecular weight is 877 g/mol. The number of aliphatic hydroxyl groups is 1. The maximum absolute atomic E-state index is 12.9. The second-order valence-corrected chi connectivity index (χ2v) is 15.6. The summed E-state index contributed by atoms with van der Waals surface area (Å²) in [4.78, 5) is 25.1. The molecule has 0 radical (unpaired) electrons. The number of carbonyl (C=O) groups is 2. The molecule has 0 spiro atoms. The van der Waals surface area contributed by atoms with Gasteiger partial charge in [0.15, 0.2) is 18.7 Å². The first-order valence-corrected chi connectivity index (χ1v) is 21.5. The van der Waals surface area contributed by atoms with Crippen molar-refractivity contribution in [2.24, 2.45) is 0 Å². The summed E-state index contributed by atoms with van der Waals surface area (Å²) in [6.07, 6.45) is -10.5. The summed E-state index contributed by atoms with van der Waals surface area (Å²) in [6, 6.07) is 48.0. The Morgan fingerprint density at radius 2 is 0.766 bits per heavy atom. The molecule has 2 heterocycles. The van der Waals surface area contributed by atoms with Crippen LogP contribution in [0.25, 0.3) is 0 Å². The Hall–Kier alpha value is -5.32. The number of ether oxygens (including phenoxy) is 10. The van der Waals surface area contributed by atoms with E-state index in [9.17, 15) is 14.7 Å². The van der Waals surface area contributed by atoms with Gasteiger partial charge in [-0.1, -0.05) is 152 Å². The van der Waals surface area contributed by atoms with Crippen LogP contribution >= 0.6 is 0 Å². The summed E-state index contributed by atoms with van der Waals surface area (Å²) in [5.41, 5.74) is 4.44. The molecular formula is C51H56O13. The molecule has 0 amide bonds. The Morgan fingerprint density at radius 1 is 0.422 bits per heavy atom. The van der Waals surface area contributed by atoms with E-state index in [2.05, 4.69) is 0 Å². The Labute approximate surface area is 374 Å². The van der Waals surface area contributed by atoms with Crippen LogP contribution < -0.4 is 0 Å². The first kappa shape index (κ1) is 46.7. The van der Waals surface area contributed by atoms with Crippen molar-refractivity contribution >= 4 is 11.9 Å². The first-order chi connectivity index (χ1) is 31.3. The lowest BCUT2D eigenvalue weighted by Gasteiger charge is -2.47. The summed E-state index contributed by atoms with van der Waals surface area (Å²) >= 11 is 0. The van der Waals surface area contributed by atoms with Crippen LogP contribution in [-0.4, -0.2) is 91.7 Å². The molecule has 2 fully saturated rings. The molecule has 13 nitrogen and oxygen atoms in total. The van der Waals surface area contributed by atoms with Crippen LogP contribution in [0.1, 0.15) is 41.7 Å². The summed E-state index contributed by atoms with van der Waals surface area (Å²) in [5.74, 6) is -1.14. The third-order valence-corrected chi connectivity index (χ3v) is 10.8. The predicted molar refractivity (Wildman–Crippen MR) is 233 cm³/mol. The monoisotopic (exact) mass is 876 g/mol. The summed E-state index contributed by atoms with van der Waals surface area (Å²) in [7, 11) is 0. The van der Waals surface area contributed by atoms with Gasteiger partial charge < -0.3 is 52.5 Å². The van der Waals surface area contributed by atoms with Crippen molar-refractivity contribution in [3.63, 3.8) is 0 Å². The van der Waals surface area contributed by atoms with Crippen molar-refractivity contribution in [3.05, 3.63) is 179 Å². The average Bonchev–Trinajstić information content (AvgIpc) is 3.32. The molecule has 64 heavy (non-hydrogen) atoms. The lowest BCUT2D eigenvalue weighted by molar-refractivity contribution is -0.344. The Kier molecular flexibility index (Phi) is 17.6. The predicted octanol–water partition coefficient (Wildman–Crippen LogP) is 6.87. The third-order valence-electron chi connectivity index (χ3n) is 10.8. The highest BCUT2D eigenvalue weighted by atomic mass is 16.7. The largest absolute Gasteiger partial charge is 0.463 e. The number of rotatable bonds is 21. The highest BCUT2D eigenvalue weighted by Crippen LogP contribution is 2.34. The molecule has 1 N–H and O–H groups in total. The normalized spacial score (nSPS) is 25.6. The van der Waals surface area contributed by atoms with Gasteiger partial charge in [0, 0.05) is 13.8 Å². The van der Waals surface area contributed by atoms with E-state index in [0.29, 0.717) is 0 Å². The Bertz CT molecular complexity index is 2110. The second kappa shape index (κ2) is 24.1. The van der Waals surface area contributed by atoms with Gasteiger partial charge in [0.1, 0.15) is 49.3 Å². The number of aliphatic hydroxyl groups excluding tert-OH is 1. The van der Waals surface area contributed by atoms with E-state index in [0.717, 1.165) is 27.8 Å². The maximum Gasteiger partial charge on any atom is 0.303 e. The summed E-state index contributed by atoms with van der Waals surface area (Å²) < 4.78 is 63.8. The van der Waals surface area contributed by atoms with Gasteiger partial charge in [-0.3, -0.25) is 9.59 Å². The van der Waals surface area contributed by atoms with Crippen LogP contribution in [-0.2, 0) is 90.0 Å². The molecule has 0 aliphatic carbocycles.